The lowest BCUT2D eigenvalue weighted by Gasteiger charge is -2.63. The maximum Gasteiger partial charge on any atom is 0.0683 e. The standard InChI is InChI=1S/C12H20O2/c1-2-10-3-9-4-11(13,6-10)8-12(14,5-9)7-10/h9,13-14H,2-8H2,1H3. The first kappa shape index (κ1) is 9.17. The quantitative estimate of drug-likeness (QED) is 0.672. The molecule has 80 valence electrons. The largest absolute Gasteiger partial charge is 0.390 e. The molecular formula is C12H20O2. The van der Waals surface area contributed by atoms with E-state index in [1.165, 1.54) is 6.42 Å². The lowest BCUT2D eigenvalue weighted by Crippen LogP contribution is -2.62. The van der Waals surface area contributed by atoms with Gasteiger partial charge in [0.25, 0.3) is 0 Å². The normalized spacial score (nSPS) is 60.6. The molecule has 2 N–H and O–H groups in total. The molecule has 0 amide bonds. The second-order valence-electron chi connectivity index (χ2n) is 6.31. The molecule has 4 saturated carbocycles. The predicted octanol–water partition coefficient (Wildman–Crippen LogP) is 1.84. The van der Waals surface area contributed by atoms with Gasteiger partial charge < -0.3 is 10.2 Å². The van der Waals surface area contributed by atoms with Crippen molar-refractivity contribution < 1.29 is 10.2 Å². The van der Waals surface area contributed by atoms with E-state index in [0.29, 0.717) is 12.3 Å². The van der Waals surface area contributed by atoms with E-state index in [-0.39, 0.29) is 5.41 Å². The van der Waals surface area contributed by atoms with Gasteiger partial charge in [-0.15, -0.1) is 0 Å². The number of hydrogen-bond donors (Lipinski definition) is 2. The first-order chi connectivity index (χ1) is 6.47. The van der Waals surface area contributed by atoms with Crippen LogP contribution in [0.25, 0.3) is 0 Å². The summed E-state index contributed by atoms with van der Waals surface area (Å²) in [4.78, 5) is 0. The fourth-order valence-electron chi connectivity index (χ4n) is 4.93. The number of hydrogen-bond acceptors (Lipinski definition) is 2. The van der Waals surface area contributed by atoms with Crippen molar-refractivity contribution in [2.75, 3.05) is 0 Å². The molecule has 0 radical (unpaired) electrons. The van der Waals surface area contributed by atoms with Crippen LogP contribution in [-0.2, 0) is 0 Å². The molecule has 4 aliphatic carbocycles. The van der Waals surface area contributed by atoms with Crippen LogP contribution in [0.4, 0.5) is 0 Å². The SMILES string of the molecule is CCC12CC3CC(O)(CC(O)(C3)C1)C2. The van der Waals surface area contributed by atoms with Gasteiger partial charge in [0.05, 0.1) is 11.2 Å². The van der Waals surface area contributed by atoms with E-state index in [2.05, 4.69) is 6.92 Å². The third kappa shape index (κ3) is 1.10. The van der Waals surface area contributed by atoms with Crippen LogP contribution in [0.15, 0.2) is 0 Å². The zero-order chi connectivity index (χ0) is 10.0. The van der Waals surface area contributed by atoms with Crippen LogP contribution in [0, 0.1) is 11.3 Å². The maximum absolute atomic E-state index is 10.4. The van der Waals surface area contributed by atoms with Crippen molar-refractivity contribution in [1.29, 1.82) is 0 Å². The van der Waals surface area contributed by atoms with Crippen molar-refractivity contribution in [3.05, 3.63) is 0 Å². The maximum atomic E-state index is 10.4. The smallest absolute Gasteiger partial charge is 0.0683 e. The highest BCUT2D eigenvalue weighted by molar-refractivity contribution is 5.13. The highest BCUT2D eigenvalue weighted by Crippen LogP contribution is 2.64. The van der Waals surface area contributed by atoms with Gasteiger partial charge in [-0.05, 0) is 43.4 Å². The summed E-state index contributed by atoms with van der Waals surface area (Å²) in [7, 11) is 0. The molecule has 4 fully saturated rings. The summed E-state index contributed by atoms with van der Waals surface area (Å²) in [5, 5.41) is 20.8. The summed E-state index contributed by atoms with van der Waals surface area (Å²) >= 11 is 0. The predicted molar refractivity (Wildman–Crippen MR) is 53.8 cm³/mol. The minimum absolute atomic E-state index is 0.267. The van der Waals surface area contributed by atoms with Gasteiger partial charge in [0, 0.05) is 6.42 Å². The molecular weight excluding hydrogens is 176 g/mol. The minimum Gasteiger partial charge on any atom is -0.390 e. The van der Waals surface area contributed by atoms with Crippen molar-refractivity contribution >= 4 is 0 Å². The summed E-state index contributed by atoms with van der Waals surface area (Å²) in [6, 6.07) is 0. The molecule has 4 rings (SSSR count). The highest BCUT2D eigenvalue weighted by atomic mass is 16.3. The van der Waals surface area contributed by atoms with Gasteiger partial charge in [0.1, 0.15) is 0 Å². The van der Waals surface area contributed by atoms with E-state index in [1.54, 1.807) is 0 Å². The molecule has 2 atom stereocenters. The number of aliphatic hydroxyl groups is 2. The fourth-order valence-corrected chi connectivity index (χ4v) is 4.93. The van der Waals surface area contributed by atoms with E-state index >= 15 is 0 Å². The fraction of sp³-hybridized carbons (Fsp3) is 1.00. The zero-order valence-electron chi connectivity index (χ0n) is 8.92. The Bertz CT molecular complexity index is 255. The molecule has 2 unspecified atom stereocenters. The average molecular weight is 196 g/mol. The van der Waals surface area contributed by atoms with E-state index in [0.717, 1.165) is 32.1 Å². The van der Waals surface area contributed by atoms with Gasteiger partial charge in [0.15, 0.2) is 0 Å². The van der Waals surface area contributed by atoms with Gasteiger partial charge in [-0.3, -0.25) is 0 Å². The van der Waals surface area contributed by atoms with Crippen LogP contribution < -0.4 is 0 Å². The van der Waals surface area contributed by atoms with Gasteiger partial charge in [-0.25, -0.2) is 0 Å². The van der Waals surface area contributed by atoms with Gasteiger partial charge in [0.2, 0.25) is 0 Å². The average Bonchev–Trinajstić information content (AvgIpc) is 1.97. The molecule has 14 heavy (non-hydrogen) atoms. The second-order valence-corrected chi connectivity index (χ2v) is 6.31. The molecule has 4 aliphatic rings. The molecule has 0 heterocycles. The van der Waals surface area contributed by atoms with Crippen LogP contribution in [0.3, 0.4) is 0 Å². The lowest BCUT2D eigenvalue weighted by atomic mass is 9.46. The molecule has 0 aliphatic heterocycles. The molecule has 4 bridgehead atoms. The van der Waals surface area contributed by atoms with E-state index in [9.17, 15) is 10.2 Å². The summed E-state index contributed by atoms with van der Waals surface area (Å²) < 4.78 is 0. The van der Waals surface area contributed by atoms with E-state index in [4.69, 9.17) is 0 Å². The Morgan fingerprint density at radius 1 is 1.00 bits per heavy atom. The molecule has 0 saturated heterocycles. The summed E-state index contributed by atoms with van der Waals surface area (Å²) in [5.41, 5.74) is -0.780. The molecule has 2 heteroatoms. The van der Waals surface area contributed by atoms with Crippen LogP contribution >= 0.6 is 0 Å². The summed E-state index contributed by atoms with van der Waals surface area (Å²) in [6.07, 6.45) is 6.76. The van der Waals surface area contributed by atoms with Crippen molar-refractivity contribution in [1.82, 2.24) is 0 Å². The Labute approximate surface area is 85.3 Å². The Morgan fingerprint density at radius 2 is 1.57 bits per heavy atom. The van der Waals surface area contributed by atoms with E-state index in [1.807, 2.05) is 0 Å². The summed E-state index contributed by atoms with van der Waals surface area (Å²) in [6.45, 7) is 2.21. The van der Waals surface area contributed by atoms with Crippen LogP contribution in [0.5, 0.6) is 0 Å². The van der Waals surface area contributed by atoms with Crippen molar-refractivity contribution in [3.8, 4) is 0 Å². The Balaban J connectivity index is 2.01. The third-order valence-corrected chi connectivity index (χ3v) is 4.88. The summed E-state index contributed by atoms with van der Waals surface area (Å²) in [5.74, 6) is 0.584. The van der Waals surface area contributed by atoms with Gasteiger partial charge >= 0.3 is 0 Å². The molecule has 2 nitrogen and oxygen atoms in total. The third-order valence-electron chi connectivity index (χ3n) is 4.88. The van der Waals surface area contributed by atoms with Crippen molar-refractivity contribution in [3.63, 3.8) is 0 Å². The monoisotopic (exact) mass is 196 g/mol. The Morgan fingerprint density at radius 3 is 2.00 bits per heavy atom. The number of rotatable bonds is 1. The Kier molecular flexibility index (Phi) is 1.54. The lowest BCUT2D eigenvalue weighted by molar-refractivity contribution is -0.230. The first-order valence-corrected chi connectivity index (χ1v) is 5.91. The first-order valence-electron chi connectivity index (χ1n) is 5.91. The highest BCUT2D eigenvalue weighted by Gasteiger charge is 2.61. The molecule has 0 aromatic rings. The van der Waals surface area contributed by atoms with Crippen molar-refractivity contribution in [2.24, 2.45) is 11.3 Å². The van der Waals surface area contributed by atoms with E-state index < -0.39 is 11.2 Å². The topological polar surface area (TPSA) is 40.5 Å². The minimum atomic E-state index is -0.524. The van der Waals surface area contributed by atoms with Gasteiger partial charge in [-0.1, -0.05) is 13.3 Å². The van der Waals surface area contributed by atoms with Crippen molar-refractivity contribution in [2.45, 2.75) is 63.1 Å². The molecule has 0 aromatic carbocycles. The van der Waals surface area contributed by atoms with Crippen LogP contribution in [-0.4, -0.2) is 21.4 Å². The zero-order valence-corrected chi connectivity index (χ0v) is 8.92. The van der Waals surface area contributed by atoms with Crippen LogP contribution in [0.1, 0.15) is 51.9 Å². The second kappa shape index (κ2) is 2.35. The van der Waals surface area contributed by atoms with Gasteiger partial charge in [-0.2, -0.15) is 0 Å². The van der Waals surface area contributed by atoms with Crippen LogP contribution in [0.2, 0.25) is 0 Å². The molecule has 0 aromatic heterocycles. The Hall–Kier alpha value is -0.0800. The molecule has 0 spiro atoms.